The van der Waals surface area contributed by atoms with Crippen LogP contribution in [0.15, 0.2) is 18.2 Å². The maximum atomic E-state index is 14.3. The molecule has 3 aliphatic heterocycles. The van der Waals surface area contributed by atoms with Crippen LogP contribution in [-0.4, -0.2) is 190 Å². The van der Waals surface area contributed by atoms with Crippen LogP contribution in [0.4, 0.5) is 0 Å². The summed E-state index contributed by atoms with van der Waals surface area (Å²) in [5.74, 6) is -10.5. The molecular formula is C35H52N8O19S. The first kappa shape index (κ1) is 50.7. The summed E-state index contributed by atoms with van der Waals surface area (Å²) in [6, 6.07) is -8.62. The highest BCUT2D eigenvalue weighted by atomic mass is 32.2. The van der Waals surface area contributed by atoms with Gasteiger partial charge >= 0.3 is 0 Å². The molecule has 27 nitrogen and oxygen atoms in total. The molecule has 1 aromatic rings. The summed E-state index contributed by atoms with van der Waals surface area (Å²) >= 11 is -0.0112. The Bertz CT molecular complexity index is 1850. The lowest BCUT2D eigenvalue weighted by Gasteiger charge is -2.34. The molecule has 0 radical (unpaired) electrons. The van der Waals surface area contributed by atoms with Gasteiger partial charge in [-0.25, -0.2) is 5.26 Å². The lowest BCUT2D eigenvalue weighted by Crippen LogP contribution is -2.64. The third-order valence-corrected chi connectivity index (χ3v) is 11.0. The number of fused-ring (bicyclic) bond motifs is 2. The lowest BCUT2D eigenvalue weighted by atomic mass is 9.96. The first-order chi connectivity index (χ1) is 29.6. The van der Waals surface area contributed by atoms with Crippen molar-refractivity contribution in [3.63, 3.8) is 0 Å². The Balaban J connectivity index is 1.84. The highest BCUT2D eigenvalue weighted by molar-refractivity contribution is 7.90. The second-order valence-corrected chi connectivity index (χ2v) is 15.9. The van der Waals surface area contributed by atoms with E-state index in [0.29, 0.717) is 0 Å². The molecule has 63 heavy (non-hydrogen) atoms. The van der Waals surface area contributed by atoms with Crippen molar-refractivity contribution in [3.8, 4) is 11.5 Å². The van der Waals surface area contributed by atoms with Crippen LogP contribution in [0.3, 0.4) is 0 Å². The van der Waals surface area contributed by atoms with Crippen molar-refractivity contribution in [2.24, 2.45) is 17.4 Å². The molecule has 3 saturated heterocycles. The van der Waals surface area contributed by atoms with Gasteiger partial charge in [0.25, 0.3) is 12.3 Å². The Hall–Kier alpha value is -4.98. The molecule has 7 amide bonds. The normalized spacial score (nSPS) is 31.3. The number of aliphatic hydroxyl groups excluding tert-OH is 7. The summed E-state index contributed by atoms with van der Waals surface area (Å²) in [4.78, 5) is 96.9. The van der Waals surface area contributed by atoms with Crippen LogP contribution in [-0.2, 0) is 42.9 Å². The molecule has 3 fully saturated rings. The van der Waals surface area contributed by atoms with E-state index in [1.807, 2.05) is 0 Å². The van der Waals surface area contributed by atoms with Gasteiger partial charge in [-0.3, -0.25) is 33.6 Å². The zero-order valence-corrected chi connectivity index (χ0v) is 34.4. The zero-order chi connectivity index (χ0) is 47.0. The minimum absolute atomic E-state index is 0.0112. The topological polar surface area (TPSA) is 436 Å². The van der Waals surface area contributed by atoms with Gasteiger partial charge in [0.2, 0.25) is 41.4 Å². The monoisotopic (exact) mass is 920 g/mol. The van der Waals surface area contributed by atoms with Gasteiger partial charge in [-0.15, -0.1) is 0 Å². The van der Waals surface area contributed by atoms with E-state index in [4.69, 9.17) is 20.9 Å². The van der Waals surface area contributed by atoms with E-state index >= 15 is 0 Å². The molecular weight excluding hydrogens is 868 g/mol. The number of benzene rings is 1. The number of hydrogen-bond donors (Lipinski definition) is 15. The number of nitrogens with one attached hydrogen (secondary N) is 4. The Morgan fingerprint density at radius 3 is 2.14 bits per heavy atom. The number of β-amino-alcohol motifs (C(OH)–C–C–N with tert-alkyl or cyclic N) is 1. The summed E-state index contributed by atoms with van der Waals surface area (Å²) in [7, 11) is 0. The maximum absolute atomic E-state index is 14.3. The van der Waals surface area contributed by atoms with Crippen molar-refractivity contribution in [1.29, 1.82) is 0 Å². The summed E-state index contributed by atoms with van der Waals surface area (Å²) < 4.78 is 9.09. The number of phenolic OH excluding ortho intramolecular Hbond substituents is 1. The van der Waals surface area contributed by atoms with Crippen LogP contribution in [0.25, 0.3) is 0 Å². The van der Waals surface area contributed by atoms with E-state index in [9.17, 15) is 74.4 Å². The average Bonchev–Trinajstić information content (AvgIpc) is 3.76. The number of aliphatic hydroxyl groups is 7. The molecule has 352 valence electrons. The molecule has 28 heteroatoms. The predicted octanol–water partition coefficient (Wildman–Crippen LogP) is -7.40. The van der Waals surface area contributed by atoms with Crippen molar-refractivity contribution in [2.75, 3.05) is 19.6 Å². The molecule has 0 aromatic heterocycles. The summed E-state index contributed by atoms with van der Waals surface area (Å²) in [6.45, 7) is 0.993. The van der Waals surface area contributed by atoms with Gasteiger partial charge in [0.1, 0.15) is 42.4 Å². The van der Waals surface area contributed by atoms with Gasteiger partial charge in [-0.05, 0) is 31.0 Å². The van der Waals surface area contributed by atoms with E-state index in [2.05, 4.69) is 30.6 Å². The van der Waals surface area contributed by atoms with E-state index in [-0.39, 0.29) is 24.4 Å². The Labute approximate surface area is 361 Å². The number of carbonyl (C=O) groups is 7. The Morgan fingerprint density at radius 1 is 0.873 bits per heavy atom. The Kier molecular flexibility index (Phi) is 17.8. The van der Waals surface area contributed by atoms with Crippen molar-refractivity contribution in [2.45, 2.75) is 112 Å². The number of rotatable bonds is 11. The van der Waals surface area contributed by atoms with Gasteiger partial charge in [-0.2, -0.15) is 0 Å². The molecule has 0 bridgehead atoms. The van der Waals surface area contributed by atoms with Crippen LogP contribution in [0.1, 0.15) is 44.8 Å². The SMILES string of the molecule is CC(O)C1NC(=O)[C@@H](N)CC(O)CNC(=O)C2C(O)C(C)CN2C(=O)C(C(O)CC(N)=O)NC(=O)C(C(O)C(O)c2ccc(O)c(OSOOO)c2)NC(=O)C2CC(O)CN2C1=O. The standard InChI is InChI=1S/C35H52N8O19S/c1-12-10-43-26(27(12)50)33(56)38-9-15(45)6-17(36)30(53)39-23(13(2)44)34(57)42-11-16(46)7-18(42)31(54)41-25(32(55)40-24(35(43)58)20(48)8-22(37)49)29(52)28(51)14-3-4-19(47)21(5-14)60-63-62-61-59/h3-5,12-13,15-18,20,23-29,44-48,50-52,59H,6-11,36H2,1-2H3,(H2,37,49)(H,38,56)(H,39,53)(H,40,55)(H,41,54)/t12?,13?,15?,16?,17-,18?,20?,23?,24?,25?,26?,27?,28?,29?/m0/s1. The first-order valence-corrected chi connectivity index (χ1v) is 20.0. The average molecular weight is 921 g/mol. The minimum Gasteiger partial charge on any atom is -0.504 e. The van der Waals surface area contributed by atoms with Gasteiger partial charge in [0, 0.05) is 32.0 Å². The van der Waals surface area contributed by atoms with Crippen LogP contribution < -0.4 is 36.9 Å². The van der Waals surface area contributed by atoms with Crippen LogP contribution in [0.2, 0.25) is 0 Å². The number of carbonyl (C=O) groups excluding carboxylic acids is 7. The maximum Gasteiger partial charge on any atom is 0.261 e. The Morgan fingerprint density at radius 2 is 1.51 bits per heavy atom. The highest BCUT2D eigenvalue weighted by Gasteiger charge is 2.50. The van der Waals surface area contributed by atoms with Crippen molar-refractivity contribution < 1.29 is 93.2 Å². The summed E-state index contributed by atoms with van der Waals surface area (Å²) in [6.07, 6.45) is -15.2. The molecule has 1 aromatic carbocycles. The predicted molar refractivity (Wildman–Crippen MR) is 208 cm³/mol. The largest absolute Gasteiger partial charge is 0.504 e. The first-order valence-electron chi connectivity index (χ1n) is 19.3. The quantitative estimate of drug-likeness (QED) is 0.0424. The smallest absolute Gasteiger partial charge is 0.261 e. The second-order valence-electron chi connectivity index (χ2n) is 15.4. The minimum atomic E-state index is -2.47. The lowest BCUT2D eigenvalue weighted by molar-refractivity contribution is -0.433. The highest BCUT2D eigenvalue weighted by Crippen LogP contribution is 2.34. The fourth-order valence-corrected chi connectivity index (χ4v) is 7.60. The van der Waals surface area contributed by atoms with E-state index in [1.54, 1.807) is 0 Å². The number of aromatic hydroxyl groups is 1. The fraction of sp³-hybridized carbons (Fsp3) is 0.629. The number of phenols is 1. The third kappa shape index (κ3) is 12.4. The molecule has 0 spiro atoms. The molecule has 14 atom stereocenters. The molecule has 17 N–H and O–H groups in total. The van der Waals surface area contributed by atoms with Crippen LogP contribution >= 0.6 is 12.3 Å². The summed E-state index contributed by atoms with van der Waals surface area (Å²) in [5.41, 5.74) is 11.0. The van der Waals surface area contributed by atoms with E-state index in [0.717, 1.165) is 34.9 Å². The summed E-state index contributed by atoms with van der Waals surface area (Å²) in [5, 5.41) is 108. The third-order valence-electron chi connectivity index (χ3n) is 10.7. The molecule has 3 aliphatic rings. The van der Waals surface area contributed by atoms with E-state index < -0.39 is 170 Å². The molecule has 4 rings (SSSR count). The molecule has 0 aliphatic carbocycles. The zero-order valence-electron chi connectivity index (χ0n) is 33.6. The van der Waals surface area contributed by atoms with Crippen LogP contribution in [0, 0.1) is 5.92 Å². The number of amides is 7. The number of nitrogens with two attached hydrogens (primary N) is 2. The van der Waals surface area contributed by atoms with Crippen molar-refractivity contribution in [3.05, 3.63) is 23.8 Å². The van der Waals surface area contributed by atoms with Gasteiger partial charge in [-0.1, -0.05) is 22.4 Å². The molecule has 3 heterocycles. The molecule has 13 unspecified atom stereocenters. The van der Waals surface area contributed by atoms with Gasteiger partial charge in [0.15, 0.2) is 11.5 Å². The van der Waals surface area contributed by atoms with Crippen molar-refractivity contribution in [1.82, 2.24) is 31.1 Å². The van der Waals surface area contributed by atoms with Gasteiger partial charge in [0.05, 0.1) is 43.0 Å². The second kappa shape index (κ2) is 22.1. The van der Waals surface area contributed by atoms with Gasteiger partial charge < -0.3 is 87.6 Å². The number of hydrogen-bond acceptors (Lipinski definition) is 21. The number of nitrogens with zero attached hydrogens (tertiary/aromatic N) is 2. The van der Waals surface area contributed by atoms with Crippen molar-refractivity contribution >= 4 is 53.7 Å². The number of primary amides is 1. The van der Waals surface area contributed by atoms with Crippen LogP contribution in [0.5, 0.6) is 11.5 Å². The molecule has 0 saturated carbocycles. The fourth-order valence-electron chi connectivity index (χ4n) is 7.34. The van der Waals surface area contributed by atoms with E-state index in [1.165, 1.54) is 6.92 Å².